The van der Waals surface area contributed by atoms with Gasteiger partial charge in [-0.25, -0.2) is 4.39 Å². The summed E-state index contributed by atoms with van der Waals surface area (Å²) in [5.41, 5.74) is 6.83. The van der Waals surface area contributed by atoms with E-state index in [0.29, 0.717) is 5.25 Å². The van der Waals surface area contributed by atoms with Crippen molar-refractivity contribution in [2.45, 2.75) is 36.7 Å². The molecule has 3 atom stereocenters. The van der Waals surface area contributed by atoms with E-state index in [1.54, 1.807) is 6.07 Å². The SMILES string of the molecule is CC1CC2(CS1)CC(N)c1cc(F)ccc1O2. The van der Waals surface area contributed by atoms with Crippen LogP contribution >= 0.6 is 11.8 Å². The van der Waals surface area contributed by atoms with Gasteiger partial charge in [-0.15, -0.1) is 0 Å². The Balaban J connectivity index is 1.96. The first-order chi connectivity index (χ1) is 8.08. The molecule has 17 heavy (non-hydrogen) atoms. The zero-order valence-electron chi connectivity index (χ0n) is 9.78. The lowest BCUT2D eigenvalue weighted by Crippen LogP contribution is -2.43. The fraction of sp³-hybridized carbons (Fsp3) is 0.538. The summed E-state index contributed by atoms with van der Waals surface area (Å²) < 4.78 is 19.3. The summed E-state index contributed by atoms with van der Waals surface area (Å²) in [6, 6.07) is 4.54. The molecule has 1 aromatic carbocycles. The molecule has 0 bridgehead atoms. The molecule has 1 aromatic rings. The first-order valence-electron chi connectivity index (χ1n) is 5.94. The molecule has 1 saturated heterocycles. The minimum atomic E-state index is -0.243. The molecule has 3 rings (SSSR count). The Morgan fingerprint density at radius 2 is 2.29 bits per heavy atom. The molecule has 0 aromatic heterocycles. The van der Waals surface area contributed by atoms with Gasteiger partial charge < -0.3 is 10.5 Å². The van der Waals surface area contributed by atoms with Crippen molar-refractivity contribution in [3.63, 3.8) is 0 Å². The molecular weight excluding hydrogens is 237 g/mol. The van der Waals surface area contributed by atoms with E-state index < -0.39 is 0 Å². The van der Waals surface area contributed by atoms with Crippen molar-refractivity contribution >= 4 is 11.8 Å². The Hall–Kier alpha value is -0.740. The van der Waals surface area contributed by atoms with Gasteiger partial charge in [0, 0.05) is 29.0 Å². The molecule has 2 nitrogen and oxygen atoms in total. The number of rotatable bonds is 0. The van der Waals surface area contributed by atoms with Gasteiger partial charge in [-0.1, -0.05) is 6.92 Å². The van der Waals surface area contributed by atoms with Gasteiger partial charge in [-0.05, 0) is 24.6 Å². The fourth-order valence-electron chi connectivity index (χ4n) is 2.84. The van der Waals surface area contributed by atoms with E-state index in [4.69, 9.17) is 10.5 Å². The summed E-state index contributed by atoms with van der Waals surface area (Å²) in [5, 5.41) is 0.615. The zero-order valence-corrected chi connectivity index (χ0v) is 10.6. The normalized spacial score (nSPS) is 35.7. The molecule has 2 N–H and O–H groups in total. The molecular formula is C13H16FNOS. The number of thioether (sulfide) groups is 1. The first kappa shape index (κ1) is 11.4. The summed E-state index contributed by atoms with van der Waals surface area (Å²) in [6.07, 6.45) is 1.82. The predicted molar refractivity (Wildman–Crippen MR) is 67.8 cm³/mol. The highest BCUT2D eigenvalue weighted by molar-refractivity contribution is 8.00. The van der Waals surface area contributed by atoms with E-state index in [0.717, 1.165) is 29.9 Å². The summed E-state index contributed by atoms with van der Waals surface area (Å²) in [5.74, 6) is 1.51. The second-order valence-electron chi connectivity index (χ2n) is 5.10. The largest absolute Gasteiger partial charge is 0.486 e. The van der Waals surface area contributed by atoms with Crippen LogP contribution in [0.1, 0.15) is 31.4 Å². The molecule has 92 valence electrons. The third-order valence-electron chi connectivity index (χ3n) is 3.58. The van der Waals surface area contributed by atoms with E-state index in [-0.39, 0.29) is 17.5 Å². The highest BCUT2D eigenvalue weighted by atomic mass is 32.2. The maximum Gasteiger partial charge on any atom is 0.125 e. The van der Waals surface area contributed by atoms with Gasteiger partial charge >= 0.3 is 0 Å². The van der Waals surface area contributed by atoms with Gasteiger partial charge in [0.15, 0.2) is 0 Å². The van der Waals surface area contributed by atoms with E-state index in [2.05, 4.69) is 6.92 Å². The van der Waals surface area contributed by atoms with Crippen molar-refractivity contribution in [3.05, 3.63) is 29.6 Å². The molecule has 1 fully saturated rings. The Morgan fingerprint density at radius 1 is 1.47 bits per heavy atom. The molecule has 0 aliphatic carbocycles. The maximum absolute atomic E-state index is 13.2. The monoisotopic (exact) mass is 253 g/mol. The van der Waals surface area contributed by atoms with Crippen LogP contribution in [0.5, 0.6) is 5.75 Å². The van der Waals surface area contributed by atoms with E-state index >= 15 is 0 Å². The van der Waals surface area contributed by atoms with Crippen LogP contribution in [0.15, 0.2) is 18.2 Å². The van der Waals surface area contributed by atoms with E-state index in [9.17, 15) is 4.39 Å². The van der Waals surface area contributed by atoms with E-state index in [1.165, 1.54) is 12.1 Å². The molecule has 0 amide bonds. The molecule has 1 spiro atoms. The van der Waals surface area contributed by atoms with Crippen molar-refractivity contribution in [1.82, 2.24) is 0 Å². The quantitative estimate of drug-likeness (QED) is 0.772. The number of hydrogen-bond acceptors (Lipinski definition) is 3. The van der Waals surface area contributed by atoms with Crippen molar-refractivity contribution in [2.75, 3.05) is 5.75 Å². The molecule has 0 radical (unpaired) electrons. The van der Waals surface area contributed by atoms with Crippen LogP contribution in [0.2, 0.25) is 0 Å². The number of nitrogens with two attached hydrogens (primary N) is 1. The number of fused-ring (bicyclic) bond motifs is 1. The van der Waals surface area contributed by atoms with Crippen molar-refractivity contribution in [2.24, 2.45) is 5.73 Å². The van der Waals surface area contributed by atoms with Crippen LogP contribution in [-0.2, 0) is 0 Å². The Labute approximate surface area is 105 Å². The molecule has 2 heterocycles. The van der Waals surface area contributed by atoms with Crippen LogP contribution < -0.4 is 10.5 Å². The van der Waals surface area contributed by atoms with E-state index in [1.807, 2.05) is 11.8 Å². The first-order valence-corrected chi connectivity index (χ1v) is 6.98. The van der Waals surface area contributed by atoms with Gasteiger partial charge in [0.1, 0.15) is 17.2 Å². The van der Waals surface area contributed by atoms with Gasteiger partial charge in [0.05, 0.1) is 0 Å². The molecule has 3 unspecified atom stereocenters. The van der Waals surface area contributed by atoms with Crippen LogP contribution in [0, 0.1) is 5.82 Å². The maximum atomic E-state index is 13.2. The average molecular weight is 253 g/mol. The highest BCUT2D eigenvalue weighted by Crippen LogP contribution is 2.47. The minimum Gasteiger partial charge on any atom is -0.486 e. The third-order valence-corrected chi connectivity index (χ3v) is 5.01. The minimum absolute atomic E-state index is 0.111. The molecule has 2 aliphatic rings. The lowest BCUT2D eigenvalue weighted by atomic mass is 9.86. The lowest BCUT2D eigenvalue weighted by molar-refractivity contribution is 0.0573. The van der Waals surface area contributed by atoms with Crippen LogP contribution in [0.25, 0.3) is 0 Å². The van der Waals surface area contributed by atoms with Crippen LogP contribution in [0.3, 0.4) is 0 Å². The summed E-state index contributed by atoms with van der Waals surface area (Å²) in [4.78, 5) is 0. The Kier molecular flexibility index (Phi) is 2.60. The van der Waals surface area contributed by atoms with Crippen molar-refractivity contribution in [3.8, 4) is 5.75 Å². The summed E-state index contributed by atoms with van der Waals surface area (Å²) in [7, 11) is 0. The zero-order chi connectivity index (χ0) is 12.0. The van der Waals surface area contributed by atoms with Crippen LogP contribution in [-0.4, -0.2) is 16.6 Å². The molecule has 0 saturated carbocycles. The second kappa shape index (κ2) is 3.89. The average Bonchev–Trinajstić information content (AvgIpc) is 2.61. The van der Waals surface area contributed by atoms with Crippen molar-refractivity contribution in [1.29, 1.82) is 0 Å². The van der Waals surface area contributed by atoms with Crippen molar-refractivity contribution < 1.29 is 9.13 Å². The van der Waals surface area contributed by atoms with Gasteiger partial charge in [0.2, 0.25) is 0 Å². The number of ether oxygens (including phenoxy) is 1. The Bertz CT molecular complexity index is 453. The standard InChI is InChI=1S/C13H16FNOS/c1-8-5-13(7-17-8)6-11(15)10-4-9(14)2-3-12(10)16-13/h2-4,8,11H,5-7,15H2,1H3. The predicted octanol–water partition coefficient (Wildman–Crippen LogP) is 2.87. The molecule has 4 heteroatoms. The van der Waals surface area contributed by atoms with Gasteiger partial charge in [-0.3, -0.25) is 0 Å². The number of hydrogen-bond donors (Lipinski definition) is 1. The number of benzene rings is 1. The lowest BCUT2D eigenvalue weighted by Gasteiger charge is -2.38. The summed E-state index contributed by atoms with van der Waals surface area (Å²) >= 11 is 1.93. The number of halogens is 1. The Morgan fingerprint density at radius 3 is 3.00 bits per heavy atom. The molecule has 2 aliphatic heterocycles. The highest BCUT2D eigenvalue weighted by Gasteiger charge is 2.45. The van der Waals surface area contributed by atoms with Gasteiger partial charge in [0.25, 0.3) is 0 Å². The fourth-order valence-corrected chi connectivity index (χ4v) is 4.14. The second-order valence-corrected chi connectivity index (χ2v) is 6.53. The third kappa shape index (κ3) is 1.93. The van der Waals surface area contributed by atoms with Gasteiger partial charge in [-0.2, -0.15) is 11.8 Å². The summed E-state index contributed by atoms with van der Waals surface area (Å²) in [6.45, 7) is 2.22. The topological polar surface area (TPSA) is 35.2 Å². The van der Waals surface area contributed by atoms with Crippen LogP contribution in [0.4, 0.5) is 4.39 Å². The smallest absolute Gasteiger partial charge is 0.125 e.